The number of benzene rings is 1. The topological polar surface area (TPSA) is 32.3 Å². The standard InChI is InChI=1S/C13H20ClNOS/c1-9(6-7-16)17-11-4-5-12(10(2)15-3)13(14)8-11/h4-5,8-10,15-16H,6-7H2,1-3H3. The van der Waals surface area contributed by atoms with E-state index in [9.17, 15) is 0 Å². The van der Waals surface area contributed by atoms with E-state index in [0.717, 1.165) is 21.9 Å². The fraction of sp³-hybridized carbons (Fsp3) is 0.538. The summed E-state index contributed by atoms with van der Waals surface area (Å²) in [6.45, 7) is 4.43. The van der Waals surface area contributed by atoms with Crippen molar-refractivity contribution in [2.75, 3.05) is 13.7 Å². The summed E-state index contributed by atoms with van der Waals surface area (Å²) in [5, 5.41) is 13.3. The minimum Gasteiger partial charge on any atom is -0.396 e. The summed E-state index contributed by atoms with van der Waals surface area (Å²) in [5.74, 6) is 0. The summed E-state index contributed by atoms with van der Waals surface area (Å²) in [6.07, 6.45) is 0.803. The molecule has 0 heterocycles. The molecule has 2 atom stereocenters. The zero-order valence-corrected chi connectivity index (χ0v) is 12.1. The van der Waals surface area contributed by atoms with Crippen LogP contribution >= 0.6 is 23.4 Å². The second kappa shape index (κ2) is 7.27. The van der Waals surface area contributed by atoms with Gasteiger partial charge in [0.1, 0.15) is 0 Å². The van der Waals surface area contributed by atoms with Crippen molar-refractivity contribution in [1.29, 1.82) is 0 Å². The first kappa shape index (κ1) is 14.8. The smallest absolute Gasteiger partial charge is 0.0464 e. The predicted molar refractivity (Wildman–Crippen MR) is 75.9 cm³/mol. The summed E-state index contributed by atoms with van der Waals surface area (Å²) in [6, 6.07) is 6.42. The van der Waals surface area contributed by atoms with E-state index >= 15 is 0 Å². The lowest BCUT2D eigenvalue weighted by atomic mass is 10.1. The van der Waals surface area contributed by atoms with Crippen LogP contribution in [0.4, 0.5) is 0 Å². The molecule has 2 nitrogen and oxygen atoms in total. The fourth-order valence-corrected chi connectivity index (χ4v) is 2.99. The number of halogens is 1. The average molecular weight is 274 g/mol. The summed E-state index contributed by atoms with van der Waals surface area (Å²) < 4.78 is 0. The molecule has 0 aliphatic heterocycles. The Balaban J connectivity index is 2.75. The fourth-order valence-electron chi connectivity index (χ4n) is 1.56. The largest absolute Gasteiger partial charge is 0.396 e. The zero-order chi connectivity index (χ0) is 12.8. The lowest BCUT2D eigenvalue weighted by Crippen LogP contribution is -2.12. The molecule has 0 bridgehead atoms. The zero-order valence-electron chi connectivity index (χ0n) is 10.5. The summed E-state index contributed by atoms with van der Waals surface area (Å²) in [7, 11) is 1.92. The van der Waals surface area contributed by atoms with E-state index in [1.165, 1.54) is 0 Å². The molecule has 1 aromatic carbocycles. The number of aliphatic hydroxyl groups excluding tert-OH is 1. The lowest BCUT2D eigenvalue weighted by molar-refractivity contribution is 0.289. The Morgan fingerprint density at radius 1 is 1.41 bits per heavy atom. The van der Waals surface area contributed by atoms with Crippen LogP contribution in [-0.4, -0.2) is 24.0 Å². The van der Waals surface area contributed by atoms with Crippen LogP contribution in [0.15, 0.2) is 23.1 Å². The molecule has 1 rings (SSSR count). The van der Waals surface area contributed by atoms with Gasteiger partial charge in [-0.3, -0.25) is 0 Å². The van der Waals surface area contributed by atoms with E-state index in [2.05, 4.69) is 31.3 Å². The van der Waals surface area contributed by atoms with Crippen LogP contribution < -0.4 is 5.32 Å². The SMILES string of the molecule is CNC(C)c1ccc(SC(C)CCO)cc1Cl. The quantitative estimate of drug-likeness (QED) is 0.779. The van der Waals surface area contributed by atoms with E-state index in [1.807, 2.05) is 13.1 Å². The number of hydrogen-bond acceptors (Lipinski definition) is 3. The molecule has 1 aromatic rings. The van der Waals surface area contributed by atoms with Crippen molar-refractivity contribution in [2.24, 2.45) is 0 Å². The third-order valence-corrected chi connectivity index (χ3v) is 4.24. The van der Waals surface area contributed by atoms with Crippen molar-refractivity contribution in [3.63, 3.8) is 0 Å². The van der Waals surface area contributed by atoms with Gasteiger partial charge in [-0.2, -0.15) is 0 Å². The predicted octanol–water partition coefficient (Wildman–Crippen LogP) is 3.48. The molecule has 0 saturated heterocycles. The molecule has 17 heavy (non-hydrogen) atoms. The minimum atomic E-state index is 0.233. The first-order valence-electron chi connectivity index (χ1n) is 5.82. The Bertz CT molecular complexity index is 359. The monoisotopic (exact) mass is 273 g/mol. The molecule has 2 N–H and O–H groups in total. The highest BCUT2D eigenvalue weighted by atomic mass is 35.5. The molecule has 96 valence electrons. The Morgan fingerprint density at radius 2 is 2.12 bits per heavy atom. The van der Waals surface area contributed by atoms with Gasteiger partial charge in [-0.1, -0.05) is 24.6 Å². The van der Waals surface area contributed by atoms with Crippen molar-refractivity contribution in [3.8, 4) is 0 Å². The molecular weight excluding hydrogens is 254 g/mol. The third-order valence-electron chi connectivity index (χ3n) is 2.74. The molecule has 0 spiro atoms. The van der Waals surface area contributed by atoms with E-state index in [-0.39, 0.29) is 12.6 Å². The van der Waals surface area contributed by atoms with Gasteiger partial charge in [0.2, 0.25) is 0 Å². The molecular formula is C13H20ClNOS. The molecule has 0 saturated carbocycles. The second-order valence-electron chi connectivity index (χ2n) is 4.13. The number of aliphatic hydroxyl groups is 1. The molecule has 0 aromatic heterocycles. The van der Waals surface area contributed by atoms with Crippen LogP contribution in [-0.2, 0) is 0 Å². The number of rotatable bonds is 6. The number of nitrogens with one attached hydrogen (secondary N) is 1. The van der Waals surface area contributed by atoms with Gasteiger partial charge in [0.25, 0.3) is 0 Å². The number of thioether (sulfide) groups is 1. The summed E-state index contributed by atoms with van der Waals surface area (Å²) in [5.41, 5.74) is 1.12. The highest BCUT2D eigenvalue weighted by Crippen LogP contribution is 2.31. The number of hydrogen-bond donors (Lipinski definition) is 2. The van der Waals surface area contributed by atoms with Gasteiger partial charge in [-0.15, -0.1) is 11.8 Å². The Labute approximate surface area is 113 Å². The summed E-state index contributed by atoms with van der Waals surface area (Å²) in [4.78, 5) is 1.16. The van der Waals surface area contributed by atoms with Gasteiger partial charge in [-0.25, -0.2) is 0 Å². The third kappa shape index (κ3) is 4.51. The molecule has 2 unspecified atom stereocenters. The molecule has 4 heteroatoms. The van der Waals surface area contributed by atoms with Crippen LogP contribution in [0.3, 0.4) is 0 Å². The first-order chi connectivity index (χ1) is 8.08. The van der Waals surface area contributed by atoms with Crippen LogP contribution in [0.2, 0.25) is 5.02 Å². The van der Waals surface area contributed by atoms with Gasteiger partial charge < -0.3 is 10.4 Å². The van der Waals surface area contributed by atoms with Crippen LogP contribution in [0.5, 0.6) is 0 Å². The Hall–Kier alpha value is -0.220. The van der Waals surface area contributed by atoms with Crippen molar-refractivity contribution in [1.82, 2.24) is 5.32 Å². The minimum absolute atomic E-state index is 0.233. The maximum absolute atomic E-state index is 8.87. The molecule has 0 fully saturated rings. The summed E-state index contributed by atoms with van der Waals surface area (Å²) >= 11 is 8.01. The van der Waals surface area contributed by atoms with Crippen molar-refractivity contribution in [2.45, 2.75) is 36.5 Å². The van der Waals surface area contributed by atoms with E-state index < -0.39 is 0 Å². The first-order valence-corrected chi connectivity index (χ1v) is 7.08. The maximum Gasteiger partial charge on any atom is 0.0464 e. The van der Waals surface area contributed by atoms with Gasteiger partial charge in [0, 0.05) is 27.8 Å². The normalized spacial score (nSPS) is 14.6. The average Bonchev–Trinajstić information content (AvgIpc) is 2.28. The van der Waals surface area contributed by atoms with Gasteiger partial charge >= 0.3 is 0 Å². The molecule has 0 radical (unpaired) electrons. The Kier molecular flexibility index (Phi) is 6.34. The van der Waals surface area contributed by atoms with Crippen LogP contribution in [0.1, 0.15) is 31.9 Å². The van der Waals surface area contributed by atoms with Crippen molar-refractivity contribution < 1.29 is 5.11 Å². The van der Waals surface area contributed by atoms with Crippen LogP contribution in [0, 0.1) is 0 Å². The second-order valence-corrected chi connectivity index (χ2v) is 6.05. The van der Waals surface area contributed by atoms with Gasteiger partial charge in [0.05, 0.1) is 0 Å². The van der Waals surface area contributed by atoms with Gasteiger partial charge in [0.15, 0.2) is 0 Å². The molecule has 0 aliphatic carbocycles. The van der Waals surface area contributed by atoms with Crippen molar-refractivity contribution in [3.05, 3.63) is 28.8 Å². The lowest BCUT2D eigenvalue weighted by Gasteiger charge is -2.15. The highest BCUT2D eigenvalue weighted by molar-refractivity contribution is 7.99. The van der Waals surface area contributed by atoms with E-state index in [0.29, 0.717) is 5.25 Å². The van der Waals surface area contributed by atoms with Crippen molar-refractivity contribution >= 4 is 23.4 Å². The molecule has 0 amide bonds. The van der Waals surface area contributed by atoms with Crippen LogP contribution in [0.25, 0.3) is 0 Å². The highest BCUT2D eigenvalue weighted by Gasteiger charge is 2.10. The van der Waals surface area contributed by atoms with E-state index in [1.54, 1.807) is 11.8 Å². The molecule has 0 aliphatic rings. The Morgan fingerprint density at radius 3 is 2.65 bits per heavy atom. The maximum atomic E-state index is 8.87. The van der Waals surface area contributed by atoms with Gasteiger partial charge in [-0.05, 0) is 38.1 Å². The van der Waals surface area contributed by atoms with E-state index in [4.69, 9.17) is 16.7 Å².